The third-order valence-corrected chi connectivity index (χ3v) is 6.28. The number of alkyl carbamates (subject to hydrolysis) is 1. The molecule has 0 saturated heterocycles. The maximum Gasteiger partial charge on any atom is 0.419 e. The molecule has 4 rings (SSSR count). The Morgan fingerprint density at radius 3 is 2.41 bits per heavy atom. The molecule has 2 heterocycles. The molecule has 218 valence electrons. The molecule has 1 unspecified atom stereocenters. The summed E-state index contributed by atoms with van der Waals surface area (Å²) in [5, 5.41) is 6.33. The molecule has 0 aliphatic carbocycles. The van der Waals surface area contributed by atoms with Crippen LogP contribution in [0.3, 0.4) is 0 Å². The lowest BCUT2D eigenvalue weighted by molar-refractivity contribution is 0.0519. The Kier molecular flexibility index (Phi) is 8.53. The fourth-order valence-electron chi connectivity index (χ4n) is 4.64. The second-order valence-corrected chi connectivity index (χ2v) is 11.9. The number of fused-ring (bicyclic) bond motifs is 2. The zero-order valence-electron chi connectivity index (χ0n) is 24.3. The first-order chi connectivity index (χ1) is 19.3. The number of benzene rings is 2. The molecule has 1 atom stereocenters. The lowest BCUT2D eigenvalue weighted by atomic mass is 10.00. The number of nitrogens with one attached hydrogen (secondary N) is 2. The summed E-state index contributed by atoms with van der Waals surface area (Å²) in [7, 11) is 0. The van der Waals surface area contributed by atoms with Crippen LogP contribution < -0.4 is 15.4 Å². The van der Waals surface area contributed by atoms with Gasteiger partial charge in [0.15, 0.2) is 6.29 Å². The molecular formula is C31H37N3O7. The van der Waals surface area contributed by atoms with Crippen LogP contribution in [0.15, 0.2) is 42.5 Å². The highest BCUT2D eigenvalue weighted by molar-refractivity contribution is 6.09. The van der Waals surface area contributed by atoms with Crippen molar-refractivity contribution in [3.05, 3.63) is 64.8 Å². The number of ether oxygens (including phenoxy) is 3. The molecule has 10 heteroatoms. The number of nitrogens with zero attached hydrogens (tertiary/aromatic N) is 1. The monoisotopic (exact) mass is 563 g/mol. The molecule has 2 aromatic carbocycles. The minimum Gasteiger partial charge on any atom is -0.492 e. The Balaban J connectivity index is 1.66. The normalized spacial score (nSPS) is 14.8. The number of ketones is 1. The maximum absolute atomic E-state index is 13.9. The van der Waals surface area contributed by atoms with Gasteiger partial charge in [0, 0.05) is 18.5 Å². The number of carbonyl (C=O) groups is 4. The average Bonchev–Trinajstić information content (AvgIpc) is 3.48. The predicted octanol–water partition coefficient (Wildman–Crippen LogP) is 5.56. The molecule has 2 N–H and O–H groups in total. The van der Waals surface area contributed by atoms with E-state index in [0.717, 1.165) is 11.1 Å². The van der Waals surface area contributed by atoms with Gasteiger partial charge in [0.05, 0.1) is 29.4 Å². The fraction of sp³-hybridized carbons (Fsp3) is 0.419. The molecule has 0 bridgehead atoms. The third-order valence-electron chi connectivity index (χ3n) is 6.28. The topological polar surface area (TPSA) is 125 Å². The van der Waals surface area contributed by atoms with Gasteiger partial charge < -0.3 is 19.5 Å². The molecule has 0 radical (unpaired) electrons. The Bertz CT molecular complexity index is 1480. The van der Waals surface area contributed by atoms with Gasteiger partial charge in [-0.15, -0.1) is 0 Å². The lowest BCUT2D eigenvalue weighted by Gasteiger charge is -2.21. The van der Waals surface area contributed by atoms with E-state index in [4.69, 9.17) is 14.2 Å². The van der Waals surface area contributed by atoms with Crippen LogP contribution in [0.25, 0.3) is 10.9 Å². The molecule has 1 aliphatic heterocycles. The number of aldehydes is 1. The molecule has 1 aliphatic rings. The Labute approximate surface area is 239 Å². The summed E-state index contributed by atoms with van der Waals surface area (Å²) in [6.45, 7) is 11.6. The van der Waals surface area contributed by atoms with Crippen molar-refractivity contribution in [3.63, 3.8) is 0 Å². The van der Waals surface area contributed by atoms with E-state index >= 15 is 0 Å². The second kappa shape index (κ2) is 11.7. The highest BCUT2D eigenvalue weighted by atomic mass is 16.6. The van der Waals surface area contributed by atoms with E-state index in [-0.39, 0.29) is 35.9 Å². The number of hydrogen-bond donors (Lipinski definition) is 2. The van der Waals surface area contributed by atoms with Crippen LogP contribution in [0.4, 0.5) is 9.59 Å². The Morgan fingerprint density at radius 1 is 1.02 bits per heavy atom. The zero-order valence-corrected chi connectivity index (χ0v) is 24.3. The molecule has 10 nitrogen and oxygen atoms in total. The third kappa shape index (κ3) is 6.94. The summed E-state index contributed by atoms with van der Waals surface area (Å²) in [5.74, 6) is -0.0666. The summed E-state index contributed by atoms with van der Waals surface area (Å²) in [4.78, 5) is 51.3. The van der Waals surface area contributed by atoms with E-state index in [9.17, 15) is 19.2 Å². The van der Waals surface area contributed by atoms with Gasteiger partial charge in [-0.25, -0.2) is 14.2 Å². The summed E-state index contributed by atoms with van der Waals surface area (Å²) >= 11 is 0. The quantitative estimate of drug-likeness (QED) is 0.207. The number of aromatic nitrogens is 1. The van der Waals surface area contributed by atoms with Crippen LogP contribution in [0, 0.1) is 0 Å². The van der Waals surface area contributed by atoms with Crippen molar-refractivity contribution in [3.8, 4) is 5.75 Å². The van der Waals surface area contributed by atoms with Gasteiger partial charge in [0.1, 0.15) is 17.0 Å². The van der Waals surface area contributed by atoms with Crippen LogP contribution >= 0.6 is 0 Å². The number of amides is 1. The number of Topliss-reactive ketones (excluding diaryl/α,β-unsaturated/α-hetero) is 1. The van der Waals surface area contributed by atoms with Gasteiger partial charge in [0.25, 0.3) is 0 Å². The average molecular weight is 564 g/mol. The molecule has 0 saturated carbocycles. The maximum atomic E-state index is 13.9. The van der Waals surface area contributed by atoms with E-state index in [1.165, 1.54) is 4.57 Å². The molecular weight excluding hydrogens is 526 g/mol. The van der Waals surface area contributed by atoms with E-state index in [1.807, 2.05) is 24.3 Å². The van der Waals surface area contributed by atoms with Gasteiger partial charge >= 0.3 is 12.2 Å². The van der Waals surface area contributed by atoms with Crippen molar-refractivity contribution in [1.29, 1.82) is 0 Å². The van der Waals surface area contributed by atoms with Gasteiger partial charge in [0.2, 0.25) is 5.78 Å². The SMILES string of the molecule is CC(C)(C)OC(=O)NCCCOc1c(C=O)ccc2c1cc(C(=O)C1NCc3ccccc31)n2C(=O)OC(C)(C)C. The van der Waals surface area contributed by atoms with Crippen molar-refractivity contribution in [2.75, 3.05) is 13.2 Å². The van der Waals surface area contributed by atoms with Gasteiger partial charge in [-0.3, -0.25) is 14.9 Å². The summed E-state index contributed by atoms with van der Waals surface area (Å²) in [6, 6.07) is 11.7. The predicted molar refractivity (Wildman–Crippen MR) is 154 cm³/mol. The Morgan fingerprint density at radius 2 is 1.73 bits per heavy atom. The van der Waals surface area contributed by atoms with Gasteiger partial charge in [-0.05, 0) is 77.3 Å². The van der Waals surface area contributed by atoms with Crippen LogP contribution in [0.5, 0.6) is 5.75 Å². The van der Waals surface area contributed by atoms with E-state index in [0.29, 0.717) is 30.2 Å². The minimum absolute atomic E-state index is 0.114. The van der Waals surface area contributed by atoms with Crippen molar-refractivity contribution >= 4 is 35.2 Å². The highest BCUT2D eigenvalue weighted by Gasteiger charge is 2.34. The lowest BCUT2D eigenvalue weighted by Crippen LogP contribution is -2.33. The second-order valence-electron chi connectivity index (χ2n) is 11.9. The van der Waals surface area contributed by atoms with Crippen molar-refractivity contribution in [2.45, 2.75) is 71.8 Å². The number of carbonyl (C=O) groups excluding carboxylic acids is 4. The molecule has 0 fully saturated rings. The first kappa shape index (κ1) is 29.8. The molecule has 3 aromatic rings. The van der Waals surface area contributed by atoms with Crippen LogP contribution in [-0.2, 0) is 16.0 Å². The summed E-state index contributed by atoms with van der Waals surface area (Å²) in [5.41, 5.74) is 1.20. The van der Waals surface area contributed by atoms with Crippen molar-refractivity contribution < 1.29 is 33.4 Å². The molecule has 41 heavy (non-hydrogen) atoms. The van der Waals surface area contributed by atoms with Crippen LogP contribution in [0.2, 0.25) is 0 Å². The first-order valence-electron chi connectivity index (χ1n) is 13.6. The fourth-order valence-corrected chi connectivity index (χ4v) is 4.64. The van der Waals surface area contributed by atoms with Crippen LogP contribution in [-0.4, -0.2) is 53.2 Å². The van der Waals surface area contributed by atoms with E-state index in [1.54, 1.807) is 59.7 Å². The first-order valence-corrected chi connectivity index (χ1v) is 13.6. The highest BCUT2D eigenvalue weighted by Crippen LogP contribution is 2.36. The van der Waals surface area contributed by atoms with Gasteiger partial charge in [-0.2, -0.15) is 0 Å². The van der Waals surface area contributed by atoms with Crippen molar-refractivity contribution in [1.82, 2.24) is 15.2 Å². The zero-order chi connectivity index (χ0) is 29.9. The molecule has 1 amide bonds. The molecule has 1 aromatic heterocycles. The smallest absolute Gasteiger partial charge is 0.419 e. The van der Waals surface area contributed by atoms with E-state index in [2.05, 4.69) is 10.6 Å². The van der Waals surface area contributed by atoms with Crippen molar-refractivity contribution in [2.24, 2.45) is 0 Å². The number of rotatable bonds is 8. The largest absolute Gasteiger partial charge is 0.492 e. The summed E-state index contributed by atoms with van der Waals surface area (Å²) in [6.07, 6.45) is -0.161. The van der Waals surface area contributed by atoms with Crippen LogP contribution in [0.1, 0.15) is 86.0 Å². The summed E-state index contributed by atoms with van der Waals surface area (Å²) < 4.78 is 18.2. The van der Waals surface area contributed by atoms with E-state index < -0.39 is 29.4 Å². The Hall–Kier alpha value is -4.18. The molecule has 0 spiro atoms. The van der Waals surface area contributed by atoms with Gasteiger partial charge in [-0.1, -0.05) is 24.3 Å². The standard InChI is InChI=1S/C31H37N3O7/c1-30(2,3)40-28(37)32-14-9-15-39-27-20(18-35)12-13-23-22(27)16-24(34(23)29(38)41-31(4,5)6)26(36)25-21-11-8-7-10-19(21)17-33-25/h7-8,10-13,16,18,25,33H,9,14-15,17H2,1-6H3,(H,32,37). The number of hydrogen-bond acceptors (Lipinski definition) is 8. The minimum atomic E-state index is -0.810.